The van der Waals surface area contributed by atoms with Crippen molar-refractivity contribution in [3.63, 3.8) is 0 Å². The first kappa shape index (κ1) is 19.6. The largest absolute Gasteiger partial charge is 0.466 e. The van der Waals surface area contributed by atoms with Crippen molar-refractivity contribution in [2.45, 2.75) is 56.6 Å². The van der Waals surface area contributed by atoms with Crippen LogP contribution in [0.5, 0.6) is 0 Å². The minimum absolute atomic E-state index is 0.0483. The molecule has 1 aliphatic carbocycles. The van der Waals surface area contributed by atoms with Gasteiger partial charge in [-0.1, -0.05) is 43.2 Å². The topological polar surface area (TPSA) is 78.3 Å². The predicted octanol–water partition coefficient (Wildman–Crippen LogP) is 3.52. The number of hydrogen-bond donors (Lipinski definition) is 0. The number of hydrogen-bond acceptors (Lipinski definition) is 6. The molecule has 0 atom stereocenters. The lowest BCUT2D eigenvalue weighted by Gasteiger charge is -2.26. The number of fused-ring (bicyclic) bond motifs is 1. The highest BCUT2D eigenvalue weighted by Gasteiger charge is 2.22. The Morgan fingerprint density at radius 2 is 1.96 bits per heavy atom. The molecule has 0 amide bonds. The number of benzene rings is 1. The van der Waals surface area contributed by atoms with E-state index in [0.29, 0.717) is 16.1 Å². The van der Waals surface area contributed by atoms with Crippen molar-refractivity contribution < 1.29 is 14.3 Å². The number of para-hydroxylation sites is 1. The molecular formula is C20H24N2O4S. The molecule has 6 nitrogen and oxygen atoms in total. The standard InChI is InChI=1S/C20H24N2O4S/c1-2-26-18(24)12-15(23)13-27-20-21-17-11-7-6-10-16(17)19(25)22(20)14-8-4-3-5-9-14/h6-7,10-11,14H,2-5,8-9,12-13H2,1H3. The number of thioether (sulfide) groups is 1. The number of carbonyl (C=O) groups excluding carboxylic acids is 2. The highest BCUT2D eigenvalue weighted by atomic mass is 32.2. The molecular weight excluding hydrogens is 364 g/mol. The van der Waals surface area contributed by atoms with E-state index in [1.165, 1.54) is 18.2 Å². The molecule has 1 aliphatic rings. The zero-order chi connectivity index (χ0) is 19.2. The van der Waals surface area contributed by atoms with E-state index in [0.717, 1.165) is 25.7 Å². The third kappa shape index (κ3) is 4.77. The highest BCUT2D eigenvalue weighted by molar-refractivity contribution is 7.99. The second-order valence-corrected chi connectivity index (χ2v) is 7.63. The molecule has 0 bridgehead atoms. The van der Waals surface area contributed by atoms with Gasteiger partial charge in [-0.3, -0.25) is 19.0 Å². The number of ketones is 1. The molecule has 144 valence electrons. The third-order valence-corrected chi connectivity index (χ3v) is 5.74. The summed E-state index contributed by atoms with van der Waals surface area (Å²) < 4.78 is 6.59. The molecule has 1 aromatic heterocycles. The number of ether oxygens (including phenoxy) is 1. The van der Waals surface area contributed by atoms with Gasteiger partial charge < -0.3 is 4.74 Å². The third-order valence-electron chi connectivity index (χ3n) is 4.72. The fraction of sp³-hybridized carbons (Fsp3) is 0.500. The van der Waals surface area contributed by atoms with Crippen LogP contribution in [0.4, 0.5) is 0 Å². The van der Waals surface area contributed by atoms with Crippen LogP contribution in [-0.4, -0.2) is 33.7 Å². The van der Waals surface area contributed by atoms with Crippen molar-refractivity contribution in [3.8, 4) is 0 Å². The monoisotopic (exact) mass is 388 g/mol. The molecule has 1 aromatic carbocycles. The number of Topliss-reactive ketones (excluding diaryl/α,β-unsaturated/α-hetero) is 1. The van der Waals surface area contributed by atoms with Crippen molar-refractivity contribution in [2.75, 3.05) is 12.4 Å². The average molecular weight is 388 g/mol. The maximum atomic E-state index is 13.1. The van der Waals surface area contributed by atoms with Gasteiger partial charge in [0.2, 0.25) is 0 Å². The van der Waals surface area contributed by atoms with Crippen molar-refractivity contribution in [1.29, 1.82) is 0 Å². The average Bonchev–Trinajstić information content (AvgIpc) is 2.67. The SMILES string of the molecule is CCOC(=O)CC(=O)CSc1nc2ccccc2c(=O)n1C1CCCCC1. The van der Waals surface area contributed by atoms with Crippen LogP contribution in [0.1, 0.15) is 51.5 Å². The van der Waals surface area contributed by atoms with Crippen molar-refractivity contribution >= 4 is 34.4 Å². The number of rotatable bonds is 7. The number of aromatic nitrogens is 2. The molecule has 0 unspecified atom stereocenters. The van der Waals surface area contributed by atoms with Crippen molar-refractivity contribution in [1.82, 2.24) is 9.55 Å². The van der Waals surface area contributed by atoms with E-state index in [-0.39, 0.29) is 36.2 Å². The first-order valence-corrected chi connectivity index (χ1v) is 10.4. The summed E-state index contributed by atoms with van der Waals surface area (Å²) in [5.41, 5.74) is 0.586. The molecule has 1 heterocycles. The summed E-state index contributed by atoms with van der Waals surface area (Å²) in [4.78, 5) is 41.3. The Bertz CT molecular complexity index is 887. The van der Waals surface area contributed by atoms with Crippen molar-refractivity contribution in [3.05, 3.63) is 34.6 Å². The summed E-state index contributed by atoms with van der Waals surface area (Å²) in [6.07, 6.45) is 5.02. The second-order valence-electron chi connectivity index (χ2n) is 6.69. The van der Waals surface area contributed by atoms with Gasteiger partial charge in [-0.15, -0.1) is 0 Å². The van der Waals surface area contributed by atoms with Crippen LogP contribution in [-0.2, 0) is 14.3 Å². The van der Waals surface area contributed by atoms with E-state index in [4.69, 9.17) is 4.74 Å². The van der Waals surface area contributed by atoms with E-state index in [1.807, 2.05) is 18.2 Å². The zero-order valence-electron chi connectivity index (χ0n) is 15.5. The lowest BCUT2D eigenvalue weighted by Crippen LogP contribution is -2.29. The molecule has 7 heteroatoms. The van der Waals surface area contributed by atoms with Crippen LogP contribution in [0.25, 0.3) is 10.9 Å². The minimum Gasteiger partial charge on any atom is -0.466 e. The van der Waals surface area contributed by atoms with Gasteiger partial charge in [-0.25, -0.2) is 4.98 Å². The number of nitrogens with zero attached hydrogens (tertiary/aromatic N) is 2. The van der Waals surface area contributed by atoms with Gasteiger partial charge >= 0.3 is 5.97 Å². The van der Waals surface area contributed by atoms with Crippen LogP contribution in [0.15, 0.2) is 34.2 Å². The molecule has 0 spiro atoms. The lowest BCUT2D eigenvalue weighted by atomic mass is 9.95. The summed E-state index contributed by atoms with van der Waals surface area (Å²) in [6, 6.07) is 7.41. The molecule has 27 heavy (non-hydrogen) atoms. The fourth-order valence-corrected chi connectivity index (χ4v) is 4.38. The highest BCUT2D eigenvalue weighted by Crippen LogP contribution is 2.31. The summed E-state index contributed by atoms with van der Waals surface area (Å²) in [6.45, 7) is 1.96. The van der Waals surface area contributed by atoms with Crippen LogP contribution in [0.3, 0.4) is 0 Å². The molecule has 0 N–H and O–H groups in total. The van der Waals surface area contributed by atoms with Gasteiger partial charge in [0, 0.05) is 6.04 Å². The fourth-order valence-electron chi connectivity index (χ4n) is 3.46. The molecule has 1 fully saturated rings. The Balaban J connectivity index is 1.87. The zero-order valence-corrected chi connectivity index (χ0v) is 16.3. The molecule has 1 saturated carbocycles. The normalized spacial score (nSPS) is 15.0. The smallest absolute Gasteiger partial charge is 0.313 e. The van der Waals surface area contributed by atoms with Gasteiger partial charge in [0.1, 0.15) is 6.42 Å². The van der Waals surface area contributed by atoms with E-state index in [2.05, 4.69) is 4.98 Å². The van der Waals surface area contributed by atoms with Crippen LogP contribution >= 0.6 is 11.8 Å². The predicted molar refractivity (Wildman–Crippen MR) is 105 cm³/mol. The van der Waals surface area contributed by atoms with Gasteiger partial charge in [0.05, 0.1) is 23.3 Å². The van der Waals surface area contributed by atoms with E-state index in [1.54, 1.807) is 17.6 Å². The first-order valence-electron chi connectivity index (χ1n) is 9.41. The Morgan fingerprint density at radius 3 is 2.70 bits per heavy atom. The Hall–Kier alpha value is -2.15. The van der Waals surface area contributed by atoms with Gasteiger partial charge in [0.15, 0.2) is 10.9 Å². The Labute approximate surface area is 162 Å². The molecule has 0 aliphatic heterocycles. The quantitative estimate of drug-likeness (QED) is 0.313. The minimum atomic E-state index is -0.515. The molecule has 0 saturated heterocycles. The lowest BCUT2D eigenvalue weighted by molar-refractivity contribution is -0.145. The number of carbonyl (C=O) groups is 2. The van der Waals surface area contributed by atoms with Gasteiger partial charge in [-0.05, 0) is 31.9 Å². The Morgan fingerprint density at radius 1 is 1.22 bits per heavy atom. The maximum absolute atomic E-state index is 13.1. The Kier molecular flexibility index (Phi) is 6.66. The van der Waals surface area contributed by atoms with Crippen molar-refractivity contribution in [2.24, 2.45) is 0 Å². The van der Waals surface area contributed by atoms with Crippen LogP contribution in [0.2, 0.25) is 0 Å². The maximum Gasteiger partial charge on any atom is 0.313 e. The second kappa shape index (κ2) is 9.17. The molecule has 0 radical (unpaired) electrons. The van der Waals surface area contributed by atoms with Crippen LogP contribution in [0, 0.1) is 0 Å². The van der Waals surface area contributed by atoms with Gasteiger partial charge in [-0.2, -0.15) is 0 Å². The van der Waals surface area contributed by atoms with E-state index in [9.17, 15) is 14.4 Å². The first-order chi connectivity index (χ1) is 13.1. The summed E-state index contributed by atoms with van der Waals surface area (Å²) in [5.74, 6) is -0.647. The molecule has 3 rings (SSSR count). The number of esters is 1. The summed E-state index contributed by atoms with van der Waals surface area (Å²) >= 11 is 1.23. The van der Waals surface area contributed by atoms with Gasteiger partial charge in [0.25, 0.3) is 5.56 Å². The summed E-state index contributed by atoms with van der Waals surface area (Å²) in [5, 5.41) is 1.16. The van der Waals surface area contributed by atoms with E-state index < -0.39 is 5.97 Å². The van der Waals surface area contributed by atoms with E-state index >= 15 is 0 Å². The van der Waals surface area contributed by atoms with Crippen LogP contribution < -0.4 is 5.56 Å². The summed E-state index contributed by atoms with van der Waals surface area (Å²) in [7, 11) is 0. The molecule has 2 aromatic rings.